The minimum atomic E-state index is -0.561. The van der Waals surface area contributed by atoms with Gasteiger partial charge in [0.15, 0.2) is 5.82 Å². The molecule has 1 aromatic heterocycles. The van der Waals surface area contributed by atoms with Crippen molar-refractivity contribution >= 4 is 23.2 Å². The lowest BCUT2D eigenvalue weighted by Gasteiger charge is -2.32. The van der Waals surface area contributed by atoms with Crippen molar-refractivity contribution in [1.29, 1.82) is 0 Å². The Kier molecular flexibility index (Phi) is 7.42. The first-order valence-corrected chi connectivity index (χ1v) is 13.7. The first-order valence-electron chi connectivity index (χ1n) is 12.5. The Balaban J connectivity index is 1.42. The van der Waals surface area contributed by atoms with Crippen molar-refractivity contribution in [2.45, 2.75) is 44.2 Å². The van der Waals surface area contributed by atoms with Crippen LogP contribution in [0.25, 0.3) is 22.5 Å². The molecule has 0 saturated heterocycles. The van der Waals surface area contributed by atoms with E-state index in [0.29, 0.717) is 5.82 Å². The second kappa shape index (κ2) is 11.0. The number of aromatic nitrogens is 2. The highest BCUT2D eigenvalue weighted by molar-refractivity contribution is 7.98. The number of H-pyrrole nitrogens is 1. The third-order valence-electron chi connectivity index (χ3n) is 6.55. The Morgan fingerprint density at radius 3 is 2.38 bits per heavy atom. The quantitative estimate of drug-likeness (QED) is 0.260. The van der Waals surface area contributed by atoms with Gasteiger partial charge in [-0.25, -0.2) is 4.79 Å². The molecule has 1 N–H and O–H groups in total. The molecular formula is C30H30N4O2S. The molecule has 188 valence electrons. The zero-order chi connectivity index (χ0) is 25.8. The second-order valence-electron chi connectivity index (χ2n) is 9.08. The number of thioether (sulfide) groups is 1. The SMILES string of the molecule is CCCC1=NC(C)N(c2ccc(SC)cc2)C=C1Cc1ccc(-c2ccccc2-c2noc(=O)[nH]2)cc1. The van der Waals surface area contributed by atoms with Crippen LogP contribution < -0.4 is 10.7 Å². The van der Waals surface area contributed by atoms with Gasteiger partial charge >= 0.3 is 5.76 Å². The number of aliphatic imine (C=N–C) groups is 1. The molecule has 6 nitrogen and oxygen atoms in total. The molecule has 5 rings (SSSR count). The smallest absolute Gasteiger partial charge is 0.325 e. The number of benzene rings is 3. The topological polar surface area (TPSA) is 74.5 Å². The molecule has 7 heteroatoms. The van der Waals surface area contributed by atoms with Gasteiger partial charge in [0.25, 0.3) is 0 Å². The largest absolute Gasteiger partial charge is 0.439 e. The van der Waals surface area contributed by atoms with Crippen molar-refractivity contribution in [2.75, 3.05) is 11.2 Å². The first-order chi connectivity index (χ1) is 18.1. The summed E-state index contributed by atoms with van der Waals surface area (Å²) in [6.45, 7) is 4.35. The van der Waals surface area contributed by atoms with Gasteiger partial charge in [0.1, 0.15) is 6.17 Å². The molecule has 37 heavy (non-hydrogen) atoms. The van der Waals surface area contributed by atoms with Crippen LogP contribution >= 0.6 is 11.8 Å². The molecule has 0 amide bonds. The van der Waals surface area contributed by atoms with Crippen molar-refractivity contribution in [3.63, 3.8) is 0 Å². The molecule has 1 aliphatic rings. The average molecular weight is 511 g/mol. The molecule has 0 aliphatic carbocycles. The van der Waals surface area contributed by atoms with Crippen molar-refractivity contribution < 1.29 is 4.52 Å². The summed E-state index contributed by atoms with van der Waals surface area (Å²) in [4.78, 5) is 22.7. The molecule has 0 fully saturated rings. The number of allylic oxidation sites excluding steroid dienone is 1. The van der Waals surface area contributed by atoms with Gasteiger partial charge in [-0.05, 0) is 66.1 Å². The molecule has 0 bridgehead atoms. The molecule has 3 aromatic carbocycles. The maximum atomic E-state index is 11.5. The molecule has 0 radical (unpaired) electrons. The lowest BCUT2D eigenvalue weighted by molar-refractivity contribution is 0.388. The first kappa shape index (κ1) is 24.8. The maximum Gasteiger partial charge on any atom is 0.439 e. The Labute approximate surface area is 221 Å². The average Bonchev–Trinajstić information content (AvgIpc) is 3.37. The van der Waals surface area contributed by atoms with Gasteiger partial charge in [-0.15, -0.1) is 11.8 Å². The Morgan fingerprint density at radius 2 is 1.73 bits per heavy atom. The zero-order valence-electron chi connectivity index (χ0n) is 21.3. The number of anilines is 1. The number of hydrogen-bond donors (Lipinski definition) is 1. The van der Waals surface area contributed by atoms with E-state index in [1.54, 1.807) is 11.8 Å². The van der Waals surface area contributed by atoms with E-state index in [-0.39, 0.29) is 6.17 Å². The number of rotatable bonds is 8. The number of hydrogen-bond acceptors (Lipinski definition) is 6. The lowest BCUT2D eigenvalue weighted by Crippen LogP contribution is -2.33. The second-order valence-corrected chi connectivity index (χ2v) is 9.96. The number of nitrogens with one attached hydrogen (secondary N) is 1. The van der Waals surface area contributed by atoms with E-state index in [1.165, 1.54) is 21.7 Å². The monoisotopic (exact) mass is 510 g/mol. The fourth-order valence-corrected chi connectivity index (χ4v) is 5.09. The zero-order valence-corrected chi connectivity index (χ0v) is 22.1. The van der Waals surface area contributed by atoms with Crippen LogP contribution in [0.15, 0.2) is 104 Å². The van der Waals surface area contributed by atoms with Crippen LogP contribution in [-0.4, -0.2) is 28.3 Å². The molecule has 0 saturated carbocycles. The molecule has 1 atom stereocenters. The van der Waals surface area contributed by atoms with Crippen molar-refractivity contribution in [2.24, 2.45) is 4.99 Å². The minimum absolute atomic E-state index is 0.0623. The summed E-state index contributed by atoms with van der Waals surface area (Å²) in [5, 5.41) is 3.87. The molecule has 2 heterocycles. The summed E-state index contributed by atoms with van der Waals surface area (Å²) in [5.74, 6) is -0.133. The highest BCUT2D eigenvalue weighted by atomic mass is 32.2. The van der Waals surface area contributed by atoms with Crippen LogP contribution in [0.3, 0.4) is 0 Å². The Hall–Kier alpha value is -3.84. The van der Waals surface area contributed by atoms with E-state index < -0.39 is 5.76 Å². The normalized spacial score (nSPS) is 15.4. The van der Waals surface area contributed by atoms with Gasteiger partial charge in [-0.3, -0.25) is 14.5 Å². The number of nitrogens with zero attached hydrogens (tertiary/aromatic N) is 3. The third-order valence-corrected chi connectivity index (χ3v) is 7.29. The molecule has 1 unspecified atom stereocenters. The maximum absolute atomic E-state index is 11.5. The van der Waals surface area contributed by atoms with Crippen LogP contribution in [0.5, 0.6) is 0 Å². The third kappa shape index (κ3) is 5.47. The summed E-state index contributed by atoms with van der Waals surface area (Å²) < 4.78 is 4.72. The van der Waals surface area contributed by atoms with E-state index in [4.69, 9.17) is 9.52 Å². The van der Waals surface area contributed by atoms with Gasteiger partial charge < -0.3 is 4.90 Å². The summed E-state index contributed by atoms with van der Waals surface area (Å²) >= 11 is 1.75. The molecular weight excluding hydrogens is 480 g/mol. The van der Waals surface area contributed by atoms with E-state index in [0.717, 1.165) is 41.6 Å². The minimum Gasteiger partial charge on any atom is -0.325 e. The molecule has 4 aromatic rings. The summed E-state index contributed by atoms with van der Waals surface area (Å²) in [6, 6.07) is 25.1. The predicted molar refractivity (Wildman–Crippen MR) is 152 cm³/mol. The van der Waals surface area contributed by atoms with Gasteiger partial charge in [0.05, 0.1) is 0 Å². The predicted octanol–water partition coefficient (Wildman–Crippen LogP) is 6.95. The van der Waals surface area contributed by atoms with Crippen LogP contribution in [0.2, 0.25) is 0 Å². The van der Waals surface area contributed by atoms with E-state index in [1.807, 2.05) is 24.3 Å². The van der Waals surface area contributed by atoms with Gasteiger partial charge in [0, 0.05) is 34.5 Å². The lowest BCUT2D eigenvalue weighted by atomic mass is 9.94. The van der Waals surface area contributed by atoms with E-state index >= 15 is 0 Å². The van der Waals surface area contributed by atoms with Crippen molar-refractivity contribution in [1.82, 2.24) is 10.1 Å². The Bertz CT molecular complexity index is 1480. The van der Waals surface area contributed by atoms with Gasteiger partial charge in [-0.2, -0.15) is 0 Å². The highest BCUT2D eigenvalue weighted by Crippen LogP contribution is 2.31. The highest BCUT2D eigenvalue weighted by Gasteiger charge is 2.21. The molecule has 0 spiro atoms. The van der Waals surface area contributed by atoms with Crippen LogP contribution in [-0.2, 0) is 6.42 Å². The Morgan fingerprint density at radius 1 is 1.00 bits per heavy atom. The van der Waals surface area contributed by atoms with Gasteiger partial charge in [-0.1, -0.05) is 67.0 Å². The van der Waals surface area contributed by atoms with Crippen molar-refractivity contribution in [3.05, 3.63) is 101 Å². The van der Waals surface area contributed by atoms with Crippen LogP contribution in [0, 0.1) is 0 Å². The summed E-state index contributed by atoms with van der Waals surface area (Å²) in [5.41, 5.74) is 7.67. The standard InChI is InChI=1S/C30H30N4O2S/c1-4-7-28-23(19-34(20(2)31-28)24-14-16-25(37-3)17-15-24)18-21-10-12-22(13-11-21)26-8-5-6-9-27(26)29-32-30(35)36-33-29/h5-6,8-17,19-20H,4,7,18H2,1-3H3,(H,32,33,35). The summed E-state index contributed by atoms with van der Waals surface area (Å²) in [7, 11) is 0. The fourth-order valence-electron chi connectivity index (χ4n) is 4.68. The van der Waals surface area contributed by atoms with E-state index in [2.05, 4.69) is 89.9 Å². The summed E-state index contributed by atoms with van der Waals surface area (Å²) in [6.07, 6.45) is 7.27. The van der Waals surface area contributed by atoms with Crippen molar-refractivity contribution in [3.8, 4) is 22.5 Å². The fraction of sp³-hybridized carbons (Fsp3) is 0.233. The van der Waals surface area contributed by atoms with Crippen LogP contribution in [0.4, 0.5) is 5.69 Å². The van der Waals surface area contributed by atoms with Gasteiger partial charge in [0.2, 0.25) is 0 Å². The van der Waals surface area contributed by atoms with Crippen LogP contribution in [0.1, 0.15) is 32.3 Å². The number of aromatic amines is 1. The van der Waals surface area contributed by atoms with E-state index in [9.17, 15) is 4.79 Å². The molecule has 1 aliphatic heterocycles.